The van der Waals surface area contributed by atoms with E-state index in [1.54, 1.807) is 21.3 Å². The van der Waals surface area contributed by atoms with Gasteiger partial charge in [0.2, 0.25) is 0 Å². The second-order valence-electron chi connectivity index (χ2n) is 3.47. The fourth-order valence-electron chi connectivity index (χ4n) is 1.86. The Kier molecular flexibility index (Phi) is 4.12. The van der Waals surface area contributed by atoms with Crippen molar-refractivity contribution < 1.29 is 14.2 Å². The Morgan fingerprint density at radius 3 is 1.69 bits per heavy atom. The molecule has 0 aromatic rings. The van der Waals surface area contributed by atoms with E-state index >= 15 is 0 Å². The predicted octanol–water partition coefficient (Wildman–Crippen LogP) is -0.0232. The first-order valence-corrected chi connectivity index (χ1v) is 4.49. The molecule has 0 spiro atoms. The molecule has 2 atom stereocenters. The van der Waals surface area contributed by atoms with Crippen LogP contribution in [0.3, 0.4) is 0 Å². The molecule has 1 aliphatic rings. The second-order valence-corrected chi connectivity index (χ2v) is 3.47. The van der Waals surface area contributed by atoms with E-state index in [9.17, 15) is 0 Å². The van der Waals surface area contributed by atoms with E-state index < -0.39 is 0 Å². The van der Waals surface area contributed by atoms with Crippen molar-refractivity contribution in [3.05, 3.63) is 0 Å². The summed E-state index contributed by atoms with van der Waals surface area (Å²) in [5, 5.41) is 0. The van der Waals surface area contributed by atoms with E-state index in [4.69, 9.17) is 14.2 Å². The molecule has 78 valence electrons. The molecule has 0 bridgehead atoms. The minimum Gasteiger partial charge on any atom is -0.377 e. The lowest BCUT2D eigenvalue weighted by Gasteiger charge is -2.40. The molecule has 2 unspecified atom stereocenters. The Hall–Kier alpha value is -0.160. The highest BCUT2D eigenvalue weighted by Crippen LogP contribution is 2.17. The van der Waals surface area contributed by atoms with Crippen LogP contribution < -0.4 is 0 Å². The lowest BCUT2D eigenvalue weighted by Crippen LogP contribution is -2.56. The van der Waals surface area contributed by atoms with Gasteiger partial charge in [-0.1, -0.05) is 0 Å². The number of hydrogen-bond donors (Lipinski definition) is 0. The van der Waals surface area contributed by atoms with Crippen LogP contribution in [0.1, 0.15) is 0 Å². The lowest BCUT2D eigenvalue weighted by molar-refractivity contribution is -0.143. The van der Waals surface area contributed by atoms with Crippen molar-refractivity contribution in [2.75, 3.05) is 41.5 Å². The summed E-state index contributed by atoms with van der Waals surface area (Å²) in [6, 6.07) is 0. The zero-order chi connectivity index (χ0) is 9.84. The molecule has 4 nitrogen and oxygen atoms in total. The molecule has 0 aromatic carbocycles. The van der Waals surface area contributed by atoms with Crippen LogP contribution in [0, 0.1) is 0 Å². The molecule has 0 aliphatic carbocycles. The molecule has 1 aliphatic heterocycles. The first kappa shape index (κ1) is 10.9. The van der Waals surface area contributed by atoms with Crippen molar-refractivity contribution in [3.63, 3.8) is 0 Å². The first-order valence-electron chi connectivity index (χ1n) is 4.49. The normalized spacial score (nSPS) is 36.5. The molecule has 0 saturated carbocycles. The average molecular weight is 189 g/mol. The Morgan fingerprint density at radius 1 is 0.923 bits per heavy atom. The summed E-state index contributed by atoms with van der Waals surface area (Å²) in [6.07, 6.45) is 0.258. The zero-order valence-corrected chi connectivity index (χ0v) is 8.82. The van der Waals surface area contributed by atoms with Crippen LogP contribution in [0.4, 0.5) is 0 Å². The SMILES string of the molecule is COC1CN(C)CC(OC)C1OC. The van der Waals surface area contributed by atoms with Gasteiger partial charge in [-0.15, -0.1) is 0 Å². The van der Waals surface area contributed by atoms with Gasteiger partial charge in [0, 0.05) is 34.4 Å². The molecule has 0 N–H and O–H groups in total. The van der Waals surface area contributed by atoms with Crippen LogP contribution >= 0.6 is 0 Å². The summed E-state index contributed by atoms with van der Waals surface area (Å²) in [7, 11) is 7.18. The Labute approximate surface area is 79.8 Å². The lowest BCUT2D eigenvalue weighted by atomic mass is 10.0. The van der Waals surface area contributed by atoms with Crippen LogP contribution in [0.5, 0.6) is 0 Å². The van der Waals surface area contributed by atoms with Crippen molar-refractivity contribution in [3.8, 4) is 0 Å². The summed E-state index contributed by atoms with van der Waals surface area (Å²) in [5.74, 6) is 0. The van der Waals surface area contributed by atoms with Crippen LogP contribution in [0.25, 0.3) is 0 Å². The maximum absolute atomic E-state index is 5.37. The van der Waals surface area contributed by atoms with E-state index in [1.165, 1.54) is 0 Å². The van der Waals surface area contributed by atoms with Gasteiger partial charge in [0.05, 0.1) is 12.2 Å². The molecular weight excluding hydrogens is 170 g/mol. The summed E-state index contributed by atoms with van der Waals surface area (Å²) >= 11 is 0. The molecule has 1 rings (SSSR count). The topological polar surface area (TPSA) is 30.9 Å². The molecule has 0 radical (unpaired) electrons. The van der Waals surface area contributed by atoms with E-state index in [1.807, 2.05) is 0 Å². The van der Waals surface area contributed by atoms with Crippen LogP contribution in [-0.4, -0.2) is 64.7 Å². The van der Waals surface area contributed by atoms with Gasteiger partial charge in [0.1, 0.15) is 6.10 Å². The number of hydrogen-bond acceptors (Lipinski definition) is 4. The van der Waals surface area contributed by atoms with Crippen molar-refractivity contribution in [2.45, 2.75) is 18.3 Å². The van der Waals surface area contributed by atoms with E-state index in [2.05, 4.69) is 11.9 Å². The van der Waals surface area contributed by atoms with Gasteiger partial charge in [-0.25, -0.2) is 0 Å². The minimum absolute atomic E-state index is 0.0474. The van der Waals surface area contributed by atoms with Crippen LogP contribution in [-0.2, 0) is 14.2 Å². The summed E-state index contributed by atoms with van der Waals surface area (Å²) in [6.45, 7) is 1.80. The number of nitrogens with zero attached hydrogens (tertiary/aromatic N) is 1. The average Bonchev–Trinajstić information content (AvgIpc) is 2.16. The number of piperidine rings is 1. The highest BCUT2D eigenvalue weighted by atomic mass is 16.6. The van der Waals surface area contributed by atoms with Gasteiger partial charge in [-0.2, -0.15) is 0 Å². The fourth-order valence-corrected chi connectivity index (χ4v) is 1.86. The maximum Gasteiger partial charge on any atom is 0.112 e. The molecule has 13 heavy (non-hydrogen) atoms. The monoisotopic (exact) mass is 189 g/mol. The van der Waals surface area contributed by atoms with Crippen molar-refractivity contribution in [1.82, 2.24) is 4.90 Å². The van der Waals surface area contributed by atoms with E-state index in [-0.39, 0.29) is 18.3 Å². The van der Waals surface area contributed by atoms with E-state index in [0.717, 1.165) is 13.1 Å². The van der Waals surface area contributed by atoms with Gasteiger partial charge in [0.15, 0.2) is 0 Å². The third kappa shape index (κ3) is 2.40. The fraction of sp³-hybridized carbons (Fsp3) is 1.00. The third-order valence-electron chi connectivity index (χ3n) is 2.59. The second kappa shape index (κ2) is 4.91. The number of methoxy groups -OCH3 is 3. The summed E-state index contributed by atoms with van der Waals surface area (Å²) in [4.78, 5) is 2.19. The van der Waals surface area contributed by atoms with Crippen molar-refractivity contribution >= 4 is 0 Å². The smallest absolute Gasteiger partial charge is 0.112 e. The Balaban J connectivity index is 2.61. The van der Waals surface area contributed by atoms with E-state index in [0.29, 0.717) is 0 Å². The van der Waals surface area contributed by atoms with Gasteiger partial charge in [0.25, 0.3) is 0 Å². The molecule has 1 fully saturated rings. The minimum atomic E-state index is 0.0474. The van der Waals surface area contributed by atoms with Gasteiger partial charge in [-0.05, 0) is 7.05 Å². The molecule has 1 heterocycles. The molecule has 4 heteroatoms. The number of ether oxygens (including phenoxy) is 3. The third-order valence-corrected chi connectivity index (χ3v) is 2.59. The molecule has 1 saturated heterocycles. The Morgan fingerprint density at radius 2 is 1.38 bits per heavy atom. The predicted molar refractivity (Wildman–Crippen MR) is 49.9 cm³/mol. The standard InChI is InChI=1S/C9H19NO3/c1-10-5-7(11-2)9(13-4)8(6-10)12-3/h7-9H,5-6H2,1-4H3. The molecular formula is C9H19NO3. The quantitative estimate of drug-likeness (QED) is 0.624. The Bertz CT molecular complexity index is 140. The highest BCUT2D eigenvalue weighted by Gasteiger charge is 2.36. The zero-order valence-electron chi connectivity index (χ0n) is 8.82. The maximum atomic E-state index is 5.37. The van der Waals surface area contributed by atoms with Crippen molar-refractivity contribution in [1.29, 1.82) is 0 Å². The highest BCUT2D eigenvalue weighted by molar-refractivity contribution is 4.88. The van der Waals surface area contributed by atoms with Gasteiger partial charge >= 0.3 is 0 Å². The summed E-state index contributed by atoms with van der Waals surface area (Å²) in [5.41, 5.74) is 0. The van der Waals surface area contributed by atoms with Gasteiger partial charge in [-0.3, -0.25) is 0 Å². The van der Waals surface area contributed by atoms with Gasteiger partial charge < -0.3 is 19.1 Å². The first-order chi connectivity index (χ1) is 6.22. The summed E-state index contributed by atoms with van der Waals surface area (Å²) < 4.78 is 16.1. The van der Waals surface area contributed by atoms with Crippen LogP contribution in [0.2, 0.25) is 0 Å². The molecule has 0 aromatic heterocycles. The largest absolute Gasteiger partial charge is 0.377 e. The number of rotatable bonds is 3. The number of likely N-dealkylation sites (tertiary alicyclic amines) is 1. The van der Waals surface area contributed by atoms with Crippen molar-refractivity contribution in [2.24, 2.45) is 0 Å². The van der Waals surface area contributed by atoms with Crippen LogP contribution in [0.15, 0.2) is 0 Å². The molecule has 0 amide bonds. The number of likely N-dealkylation sites (N-methyl/N-ethyl adjacent to an activating group) is 1.